The Morgan fingerprint density at radius 2 is 1.88 bits per heavy atom. The molecule has 3 N–H and O–H groups in total. The molecule has 0 saturated carbocycles. The number of aromatic nitrogens is 1. The number of pyridine rings is 1. The first-order chi connectivity index (χ1) is 11.6. The largest absolute Gasteiger partial charge is 0.480 e. The molecular formula is C18H27N3O4. The molecule has 0 spiro atoms. The van der Waals surface area contributed by atoms with Crippen LogP contribution in [0.2, 0.25) is 0 Å². The number of amides is 2. The van der Waals surface area contributed by atoms with Gasteiger partial charge in [0.25, 0.3) is 0 Å². The predicted molar refractivity (Wildman–Crippen MR) is 93.8 cm³/mol. The van der Waals surface area contributed by atoms with E-state index in [9.17, 15) is 19.5 Å². The van der Waals surface area contributed by atoms with Gasteiger partial charge in [0.05, 0.1) is 0 Å². The van der Waals surface area contributed by atoms with Gasteiger partial charge in [0.15, 0.2) is 0 Å². The normalized spacial score (nSPS) is 13.6. The summed E-state index contributed by atoms with van der Waals surface area (Å²) in [6.07, 6.45) is 4.44. The maximum Gasteiger partial charge on any atom is 0.326 e. The number of carbonyl (C=O) groups excluding carboxylic acids is 2. The number of carboxylic acid groups (broad SMARTS) is 1. The summed E-state index contributed by atoms with van der Waals surface area (Å²) in [5.41, 5.74) is 0.739. The van der Waals surface area contributed by atoms with Crippen molar-refractivity contribution in [1.82, 2.24) is 15.6 Å². The van der Waals surface area contributed by atoms with E-state index in [1.54, 1.807) is 24.5 Å². The van der Waals surface area contributed by atoms with E-state index in [1.807, 2.05) is 20.8 Å². The van der Waals surface area contributed by atoms with Crippen LogP contribution in [0, 0.1) is 5.41 Å². The summed E-state index contributed by atoms with van der Waals surface area (Å²) in [6.45, 7) is 7.35. The summed E-state index contributed by atoms with van der Waals surface area (Å²) in [5.74, 6) is -1.95. The molecule has 2 amide bonds. The second kappa shape index (κ2) is 9.15. The summed E-state index contributed by atoms with van der Waals surface area (Å²) in [5, 5.41) is 14.5. The molecule has 0 unspecified atom stereocenters. The Morgan fingerprint density at radius 1 is 1.20 bits per heavy atom. The van der Waals surface area contributed by atoms with Crippen LogP contribution in [0.15, 0.2) is 24.5 Å². The van der Waals surface area contributed by atoms with Crippen LogP contribution < -0.4 is 10.6 Å². The average molecular weight is 349 g/mol. The van der Waals surface area contributed by atoms with Crippen molar-refractivity contribution >= 4 is 17.8 Å². The smallest absolute Gasteiger partial charge is 0.326 e. The third-order valence-corrected chi connectivity index (χ3v) is 3.65. The Balaban J connectivity index is 2.80. The molecule has 1 heterocycles. The number of aliphatic carboxylic acids is 1. The van der Waals surface area contributed by atoms with E-state index in [0.29, 0.717) is 12.8 Å². The molecule has 0 saturated heterocycles. The zero-order valence-corrected chi connectivity index (χ0v) is 15.2. The summed E-state index contributed by atoms with van der Waals surface area (Å²) in [6, 6.07) is 1.69. The van der Waals surface area contributed by atoms with Crippen LogP contribution in [0.25, 0.3) is 0 Å². The lowest BCUT2D eigenvalue weighted by molar-refractivity contribution is -0.142. The van der Waals surface area contributed by atoms with E-state index in [4.69, 9.17) is 0 Å². The Kier molecular flexibility index (Phi) is 7.54. The number of rotatable bonds is 8. The van der Waals surface area contributed by atoms with Gasteiger partial charge in [-0.1, -0.05) is 26.8 Å². The summed E-state index contributed by atoms with van der Waals surface area (Å²) >= 11 is 0. The van der Waals surface area contributed by atoms with Crippen molar-refractivity contribution in [3.05, 3.63) is 30.1 Å². The molecule has 0 aliphatic heterocycles. The number of hydrogen-bond acceptors (Lipinski definition) is 4. The third-order valence-electron chi connectivity index (χ3n) is 3.65. The molecule has 25 heavy (non-hydrogen) atoms. The van der Waals surface area contributed by atoms with Crippen molar-refractivity contribution in [1.29, 1.82) is 0 Å². The Morgan fingerprint density at radius 3 is 2.36 bits per heavy atom. The maximum absolute atomic E-state index is 12.5. The molecule has 7 nitrogen and oxygen atoms in total. The van der Waals surface area contributed by atoms with Crippen molar-refractivity contribution in [2.75, 3.05) is 0 Å². The minimum Gasteiger partial charge on any atom is -0.480 e. The Bertz CT molecular complexity index is 596. The zero-order chi connectivity index (χ0) is 19.0. The van der Waals surface area contributed by atoms with Gasteiger partial charge >= 0.3 is 5.97 Å². The fourth-order valence-electron chi connectivity index (χ4n) is 2.32. The summed E-state index contributed by atoms with van der Waals surface area (Å²) in [4.78, 5) is 39.3. The number of nitrogens with zero attached hydrogens (tertiary/aromatic N) is 1. The monoisotopic (exact) mass is 349 g/mol. The van der Waals surface area contributed by atoms with Crippen molar-refractivity contribution in [2.24, 2.45) is 5.41 Å². The van der Waals surface area contributed by atoms with Crippen molar-refractivity contribution < 1.29 is 19.5 Å². The van der Waals surface area contributed by atoms with Crippen molar-refractivity contribution in [2.45, 2.75) is 59.0 Å². The number of carboxylic acids is 1. The second-order valence-corrected chi connectivity index (χ2v) is 7.32. The zero-order valence-electron chi connectivity index (χ0n) is 15.2. The lowest BCUT2D eigenvalue weighted by Gasteiger charge is -2.24. The van der Waals surface area contributed by atoms with Gasteiger partial charge in [-0.2, -0.15) is 0 Å². The highest BCUT2D eigenvalue weighted by Crippen LogP contribution is 2.21. The lowest BCUT2D eigenvalue weighted by atomic mass is 9.88. The number of nitrogens with one attached hydrogen (secondary N) is 2. The van der Waals surface area contributed by atoms with Gasteiger partial charge in [0.2, 0.25) is 11.8 Å². The van der Waals surface area contributed by atoms with Crippen LogP contribution in [0.4, 0.5) is 0 Å². The molecule has 0 aliphatic carbocycles. The van der Waals surface area contributed by atoms with E-state index >= 15 is 0 Å². The topological polar surface area (TPSA) is 108 Å². The molecule has 7 heteroatoms. The first-order valence-electron chi connectivity index (χ1n) is 8.27. The van der Waals surface area contributed by atoms with Crippen LogP contribution in [0.3, 0.4) is 0 Å². The van der Waals surface area contributed by atoms with Gasteiger partial charge in [-0.05, 0) is 29.9 Å². The average Bonchev–Trinajstić information content (AvgIpc) is 2.50. The molecule has 0 radical (unpaired) electrons. The van der Waals surface area contributed by atoms with E-state index in [0.717, 1.165) is 5.56 Å². The highest BCUT2D eigenvalue weighted by Gasteiger charge is 2.27. The van der Waals surface area contributed by atoms with Gasteiger partial charge in [-0.3, -0.25) is 14.6 Å². The van der Waals surface area contributed by atoms with Crippen LogP contribution in [0.1, 0.15) is 46.1 Å². The molecule has 0 bridgehead atoms. The minimum absolute atomic E-state index is 0.0365. The molecule has 1 aromatic rings. The molecule has 0 aliphatic rings. The molecule has 2 atom stereocenters. The lowest BCUT2D eigenvalue weighted by Crippen LogP contribution is -2.52. The molecule has 1 rings (SSSR count). The fraction of sp³-hybridized carbons (Fsp3) is 0.556. The first kappa shape index (κ1) is 20.6. The predicted octanol–water partition coefficient (Wildman–Crippen LogP) is 1.52. The minimum atomic E-state index is -1.08. The van der Waals surface area contributed by atoms with Crippen molar-refractivity contribution in [3.8, 4) is 0 Å². The maximum atomic E-state index is 12.5. The van der Waals surface area contributed by atoms with Crippen LogP contribution in [-0.4, -0.2) is 40.0 Å². The third kappa shape index (κ3) is 8.28. The van der Waals surface area contributed by atoms with E-state index < -0.39 is 24.0 Å². The SMILES string of the molecule is CC(=O)N[C@@H](Cc1cccnc1)C(=O)N[C@@H](CCC(C)(C)C)C(=O)O. The Labute approximate surface area is 148 Å². The molecule has 1 aromatic heterocycles. The molecule has 0 aromatic carbocycles. The van der Waals surface area contributed by atoms with E-state index in [-0.39, 0.29) is 17.7 Å². The Hall–Kier alpha value is -2.44. The van der Waals surface area contributed by atoms with Gasteiger partial charge < -0.3 is 15.7 Å². The number of hydrogen-bond donors (Lipinski definition) is 3. The molecule has 138 valence electrons. The van der Waals surface area contributed by atoms with Crippen LogP contribution >= 0.6 is 0 Å². The highest BCUT2D eigenvalue weighted by molar-refractivity contribution is 5.90. The van der Waals surface area contributed by atoms with E-state index in [1.165, 1.54) is 6.92 Å². The second-order valence-electron chi connectivity index (χ2n) is 7.32. The van der Waals surface area contributed by atoms with Gasteiger partial charge in [0, 0.05) is 25.7 Å². The molecule has 0 fully saturated rings. The summed E-state index contributed by atoms with van der Waals surface area (Å²) < 4.78 is 0. The van der Waals surface area contributed by atoms with E-state index in [2.05, 4.69) is 15.6 Å². The highest BCUT2D eigenvalue weighted by atomic mass is 16.4. The standard InChI is InChI=1S/C18H27N3O4/c1-12(22)20-15(10-13-6-5-9-19-11-13)16(23)21-14(17(24)25)7-8-18(2,3)4/h5-6,9,11,14-15H,7-8,10H2,1-4H3,(H,20,22)(H,21,23)(H,24,25)/t14-,15-/m0/s1. The fourth-order valence-corrected chi connectivity index (χ4v) is 2.32. The number of carbonyl (C=O) groups is 3. The van der Waals surface area contributed by atoms with Gasteiger partial charge in [0.1, 0.15) is 12.1 Å². The summed E-state index contributed by atoms with van der Waals surface area (Å²) in [7, 11) is 0. The van der Waals surface area contributed by atoms with Gasteiger partial charge in [-0.15, -0.1) is 0 Å². The molecular weight excluding hydrogens is 322 g/mol. The quantitative estimate of drug-likeness (QED) is 0.659. The van der Waals surface area contributed by atoms with Crippen LogP contribution in [-0.2, 0) is 20.8 Å². The van der Waals surface area contributed by atoms with Crippen LogP contribution in [0.5, 0.6) is 0 Å². The van der Waals surface area contributed by atoms with Crippen molar-refractivity contribution in [3.63, 3.8) is 0 Å². The van der Waals surface area contributed by atoms with Gasteiger partial charge in [-0.25, -0.2) is 4.79 Å². The first-order valence-corrected chi connectivity index (χ1v) is 8.27.